The number of amides is 1. The Hall–Kier alpha value is -2.29. The van der Waals surface area contributed by atoms with Crippen LogP contribution >= 0.6 is 0 Å². The zero-order chi connectivity index (χ0) is 22.1. The highest BCUT2D eigenvalue weighted by atomic mass is 32.2. The molecule has 0 spiro atoms. The molecule has 0 radical (unpaired) electrons. The molecule has 2 aliphatic heterocycles. The summed E-state index contributed by atoms with van der Waals surface area (Å²) in [6, 6.07) is 13.7. The Bertz CT molecular complexity index is 1050. The van der Waals surface area contributed by atoms with Crippen LogP contribution in [0.2, 0.25) is 0 Å². The number of rotatable bonds is 5. The monoisotopic (exact) mass is 446 g/mol. The largest absolute Gasteiger partial charge is 0.381 e. The standard InChI is InChI=1S/C23H27FN2O4S/c24-20-15-19(23(22(25)27)10-13-30-14-11-23)9-8-18(20)16-26-12-4-7-21(31(26,28)29)17-5-2-1-3-6-17/h1-3,5-6,8-9,15,21H,4,7,10-14,16H2,(H2,25,27)/t21-/m1/s1. The molecule has 2 heterocycles. The van der Waals surface area contributed by atoms with E-state index in [1.165, 1.54) is 10.4 Å². The second-order valence-corrected chi connectivity index (χ2v) is 10.4. The van der Waals surface area contributed by atoms with Crippen LogP contribution < -0.4 is 5.73 Å². The summed E-state index contributed by atoms with van der Waals surface area (Å²) < 4.78 is 48.2. The van der Waals surface area contributed by atoms with Gasteiger partial charge in [0, 0.05) is 31.9 Å². The van der Waals surface area contributed by atoms with E-state index in [0.717, 1.165) is 5.56 Å². The fourth-order valence-corrected chi connectivity index (χ4v) is 6.67. The van der Waals surface area contributed by atoms with Gasteiger partial charge in [-0.25, -0.2) is 12.8 Å². The van der Waals surface area contributed by atoms with Crippen molar-refractivity contribution in [2.75, 3.05) is 19.8 Å². The highest BCUT2D eigenvalue weighted by Gasteiger charge is 2.41. The quantitative estimate of drug-likeness (QED) is 0.765. The number of hydrogen-bond donors (Lipinski definition) is 1. The molecule has 1 atom stereocenters. The number of nitrogens with zero attached hydrogens (tertiary/aromatic N) is 1. The molecule has 0 aliphatic carbocycles. The summed E-state index contributed by atoms with van der Waals surface area (Å²) in [5.74, 6) is -1.02. The normalized spacial score (nSPS) is 23.3. The minimum atomic E-state index is -3.61. The van der Waals surface area contributed by atoms with E-state index in [-0.39, 0.29) is 12.1 Å². The second kappa shape index (κ2) is 8.68. The summed E-state index contributed by atoms with van der Waals surface area (Å²) in [7, 11) is -3.61. The van der Waals surface area contributed by atoms with Crippen LogP contribution in [0.5, 0.6) is 0 Å². The molecule has 2 saturated heterocycles. The Morgan fingerprint density at radius 2 is 1.87 bits per heavy atom. The maximum Gasteiger partial charge on any atom is 0.228 e. The van der Waals surface area contributed by atoms with Crippen LogP contribution in [0.25, 0.3) is 0 Å². The number of sulfonamides is 1. The van der Waals surface area contributed by atoms with Gasteiger partial charge >= 0.3 is 0 Å². The van der Waals surface area contributed by atoms with Gasteiger partial charge in [0.2, 0.25) is 15.9 Å². The Morgan fingerprint density at radius 1 is 1.16 bits per heavy atom. The molecule has 0 saturated carbocycles. The summed E-state index contributed by atoms with van der Waals surface area (Å²) in [6.07, 6.45) is 2.07. The number of primary amides is 1. The number of benzene rings is 2. The molecule has 2 aromatic carbocycles. The first-order valence-corrected chi connectivity index (χ1v) is 12.1. The number of carbonyl (C=O) groups excluding carboxylic acids is 1. The third-order valence-corrected chi connectivity index (χ3v) is 8.79. The van der Waals surface area contributed by atoms with Crippen LogP contribution in [0.3, 0.4) is 0 Å². The molecule has 2 aromatic rings. The average Bonchev–Trinajstić information content (AvgIpc) is 2.77. The van der Waals surface area contributed by atoms with Gasteiger partial charge in [0.1, 0.15) is 11.1 Å². The van der Waals surface area contributed by atoms with Crippen molar-refractivity contribution in [3.05, 3.63) is 71.0 Å². The van der Waals surface area contributed by atoms with Gasteiger partial charge in [-0.15, -0.1) is 0 Å². The van der Waals surface area contributed by atoms with Crippen molar-refractivity contribution >= 4 is 15.9 Å². The van der Waals surface area contributed by atoms with E-state index in [1.54, 1.807) is 12.1 Å². The molecule has 6 nitrogen and oxygen atoms in total. The Labute approximate surface area is 182 Å². The Balaban J connectivity index is 1.59. The zero-order valence-corrected chi connectivity index (χ0v) is 18.1. The van der Waals surface area contributed by atoms with Gasteiger partial charge in [-0.3, -0.25) is 4.79 Å². The zero-order valence-electron chi connectivity index (χ0n) is 17.3. The summed E-state index contributed by atoms with van der Waals surface area (Å²) in [4.78, 5) is 12.2. The molecule has 8 heteroatoms. The summed E-state index contributed by atoms with van der Waals surface area (Å²) in [5.41, 5.74) is 6.28. The molecule has 0 bridgehead atoms. The molecule has 0 unspecified atom stereocenters. The molecule has 0 aromatic heterocycles. The first-order chi connectivity index (χ1) is 14.8. The first-order valence-electron chi connectivity index (χ1n) is 10.5. The van der Waals surface area contributed by atoms with Crippen molar-refractivity contribution in [1.29, 1.82) is 0 Å². The van der Waals surface area contributed by atoms with Gasteiger partial charge in [0.15, 0.2) is 0 Å². The van der Waals surface area contributed by atoms with Crippen LogP contribution in [0.15, 0.2) is 48.5 Å². The molecule has 4 rings (SSSR count). The lowest BCUT2D eigenvalue weighted by molar-refractivity contribution is -0.127. The predicted octanol–water partition coefficient (Wildman–Crippen LogP) is 3.03. The minimum Gasteiger partial charge on any atom is -0.381 e. The smallest absolute Gasteiger partial charge is 0.228 e. The SMILES string of the molecule is NC(=O)C1(c2ccc(CN3CCC[C@H](c4ccccc4)S3(=O)=O)c(F)c2)CCOCC1. The van der Waals surface area contributed by atoms with Gasteiger partial charge < -0.3 is 10.5 Å². The van der Waals surface area contributed by atoms with Crippen molar-refractivity contribution in [2.45, 2.75) is 42.9 Å². The molecule has 31 heavy (non-hydrogen) atoms. The van der Waals surface area contributed by atoms with E-state index in [4.69, 9.17) is 10.5 Å². The Kier molecular flexibility index (Phi) is 6.14. The highest BCUT2D eigenvalue weighted by molar-refractivity contribution is 7.89. The lowest BCUT2D eigenvalue weighted by atomic mass is 9.73. The molecule has 166 valence electrons. The Morgan fingerprint density at radius 3 is 2.52 bits per heavy atom. The maximum atomic E-state index is 15.1. The number of ether oxygens (including phenoxy) is 1. The number of hydrogen-bond acceptors (Lipinski definition) is 4. The molecular weight excluding hydrogens is 419 g/mol. The van der Waals surface area contributed by atoms with E-state index in [2.05, 4.69) is 0 Å². The van der Waals surface area contributed by atoms with Crippen LogP contribution in [-0.2, 0) is 31.5 Å². The van der Waals surface area contributed by atoms with Gasteiger partial charge in [0.25, 0.3) is 0 Å². The van der Waals surface area contributed by atoms with Crippen LogP contribution in [0.1, 0.15) is 47.6 Å². The predicted molar refractivity (Wildman–Crippen MR) is 115 cm³/mol. The van der Waals surface area contributed by atoms with Crippen molar-refractivity contribution in [1.82, 2.24) is 4.31 Å². The third-order valence-electron chi connectivity index (χ3n) is 6.53. The lowest BCUT2D eigenvalue weighted by Crippen LogP contribution is -2.45. The van der Waals surface area contributed by atoms with Crippen molar-refractivity contribution in [3.63, 3.8) is 0 Å². The van der Waals surface area contributed by atoms with E-state index >= 15 is 4.39 Å². The van der Waals surface area contributed by atoms with E-state index in [0.29, 0.717) is 51.0 Å². The van der Waals surface area contributed by atoms with Crippen molar-refractivity contribution < 1.29 is 22.3 Å². The van der Waals surface area contributed by atoms with Gasteiger partial charge in [-0.05, 0) is 42.9 Å². The van der Waals surface area contributed by atoms with Gasteiger partial charge in [0.05, 0.1) is 5.41 Å². The maximum absolute atomic E-state index is 15.1. The van der Waals surface area contributed by atoms with Gasteiger partial charge in [-0.1, -0.05) is 42.5 Å². The second-order valence-electron chi connectivity index (χ2n) is 8.28. The van der Waals surface area contributed by atoms with E-state index < -0.39 is 32.4 Å². The topological polar surface area (TPSA) is 89.7 Å². The fraction of sp³-hybridized carbons (Fsp3) is 0.435. The van der Waals surface area contributed by atoms with Crippen LogP contribution in [0, 0.1) is 5.82 Å². The van der Waals surface area contributed by atoms with E-state index in [9.17, 15) is 13.2 Å². The summed E-state index contributed by atoms with van der Waals surface area (Å²) >= 11 is 0. The fourth-order valence-electron chi connectivity index (χ4n) is 4.64. The van der Waals surface area contributed by atoms with Crippen molar-refractivity contribution in [2.24, 2.45) is 5.73 Å². The summed E-state index contributed by atoms with van der Waals surface area (Å²) in [5, 5.41) is -0.620. The third kappa shape index (κ3) is 4.12. The molecule has 2 aliphatic rings. The molecule has 2 N–H and O–H groups in total. The van der Waals surface area contributed by atoms with Crippen molar-refractivity contribution in [3.8, 4) is 0 Å². The minimum absolute atomic E-state index is 0.0372. The lowest BCUT2D eigenvalue weighted by Gasteiger charge is -2.35. The van der Waals surface area contributed by atoms with Crippen LogP contribution in [0.4, 0.5) is 4.39 Å². The number of nitrogens with two attached hydrogens (primary N) is 1. The molecule has 1 amide bonds. The van der Waals surface area contributed by atoms with Gasteiger partial charge in [-0.2, -0.15) is 4.31 Å². The van der Waals surface area contributed by atoms with E-state index in [1.807, 2.05) is 30.3 Å². The molecule has 2 fully saturated rings. The number of halogens is 1. The first kappa shape index (κ1) is 21.9. The average molecular weight is 447 g/mol. The highest BCUT2D eigenvalue weighted by Crippen LogP contribution is 2.37. The van der Waals surface area contributed by atoms with Crippen LogP contribution in [-0.4, -0.2) is 38.4 Å². The molecular formula is C23H27FN2O4S. The summed E-state index contributed by atoms with van der Waals surface area (Å²) in [6.45, 7) is 1.10. The number of carbonyl (C=O) groups is 1.